The molecular formula is C9H18N2O. The quantitative estimate of drug-likeness (QED) is 0.664. The third-order valence-electron chi connectivity index (χ3n) is 2.75. The highest BCUT2D eigenvalue weighted by atomic mass is 16.2. The first-order chi connectivity index (χ1) is 5.50. The van der Waals surface area contributed by atoms with Crippen LogP contribution in [0.2, 0.25) is 0 Å². The first-order valence-corrected chi connectivity index (χ1v) is 4.56. The molecule has 0 aromatic heterocycles. The first-order valence-electron chi connectivity index (χ1n) is 4.56. The molecule has 70 valence electrons. The molecule has 0 aromatic rings. The van der Waals surface area contributed by atoms with Crippen molar-refractivity contribution in [1.82, 2.24) is 4.90 Å². The lowest BCUT2D eigenvalue weighted by atomic mass is 9.97. The molecule has 3 nitrogen and oxygen atoms in total. The summed E-state index contributed by atoms with van der Waals surface area (Å²) < 4.78 is 0. The van der Waals surface area contributed by atoms with E-state index >= 15 is 0 Å². The monoisotopic (exact) mass is 170 g/mol. The molecule has 0 radical (unpaired) electrons. The average Bonchev–Trinajstić information content (AvgIpc) is 2.14. The lowest BCUT2D eigenvalue weighted by molar-refractivity contribution is -0.130. The fraction of sp³-hybridized carbons (Fsp3) is 0.889. The van der Waals surface area contributed by atoms with E-state index in [1.807, 2.05) is 18.7 Å². The van der Waals surface area contributed by atoms with Crippen molar-refractivity contribution in [1.29, 1.82) is 0 Å². The Kier molecular flexibility index (Phi) is 2.42. The van der Waals surface area contributed by atoms with Crippen LogP contribution in [-0.2, 0) is 4.79 Å². The maximum absolute atomic E-state index is 11.4. The van der Waals surface area contributed by atoms with Crippen molar-refractivity contribution in [2.24, 2.45) is 5.73 Å². The molecule has 3 heteroatoms. The van der Waals surface area contributed by atoms with E-state index in [0.29, 0.717) is 6.42 Å². The van der Waals surface area contributed by atoms with Crippen molar-refractivity contribution in [2.75, 3.05) is 6.54 Å². The fourth-order valence-corrected chi connectivity index (χ4v) is 1.71. The molecule has 1 rings (SSSR count). The molecule has 1 aliphatic heterocycles. The molecule has 0 spiro atoms. The highest BCUT2D eigenvalue weighted by molar-refractivity contribution is 5.80. The molecule has 1 heterocycles. The number of nitrogens with two attached hydrogens (primary N) is 1. The number of carbonyl (C=O) groups excluding carboxylic acids is 1. The predicted molar refractivity (Wildman–Crippen MR) is 48.7 cm³/mol. The van der Waals surface area contributed by atoms with Gasteiger partial charge in [0.15, 0.2) is 0 Å². The lowest BCUT2D eigenvalue weighted by Gasteiger charge is -2.34. The zero-order valence-corrected chi connectivity index (χ0v) is 8.13. The Bertz CT molecular complexity index is 189. The number of nitrogens with zero attached hydrogens (tertiary/aromatic N) is 1. The van der Waals surface area contributed by atoms with Crippen molar-refractivity contribution < 1.29 is 4.79 Å². The second-order valence-corrected chi connectivity index (χ2v) is 4.01. The van der Waals surface area contributed by atoms with Crippen LogP contribution in [0.1, 0.15) is 33.6 Å². The standard InChI is InChI=1S/C9H18N2O/c1-4-5-11-8(12)6-7(10)9(11,2)3/h7H,4-6,10H2,1-3H3. The number of hydrogen-bond donors (Lipinski definition) is 1. The van der Waals surface area contributed by atoms with Crippen LogP contribution < -0.4 is 5.73 Å². The van der Waals surface area contributed by atoms with Crippen molar-refractivity contribution in [3.63, 3.8) is 0 Å². The summed E-state index contributed by atoms with van der Waals surface area (Å²) in [5.41, 5.74) is 5.72. The molecule has 0 bridgehead atoms. The average molecular weight is 170 g/mol. The summed E-state index contributed by atoms with van der Waals surface area (Å²) in [6, 6.07) is -0.00319. The second kappa shape index (κ2) is 3.05. The Morgan fingerprint density at radius 1 is 1.67 bits per heavy atom. The van der Waals surface area contributed by atoms with Gasteiger partial charge in [-0.05, 0) is 20.3 Å². The van der Waals surface area contributed by atoms with Gasteiger partial charge in [-0.3, -0.25) is 4.79 Å². The van der Waals surface area contributed by atoms with E-state index in [9.17, 15) is 4.79 Å². The van der Waals surface area contributed by atoms with E-state index < -0.39 is 0 Å². The fourth-order valence-electron chi connectivity index (χ4n) is 1.71. The molecule has 1 saturated heterocycles. The Labute approximate surface area is 73.9 Å². The number of hydrogen-bond acceptors (Lipinski definition) is 2. The summed E-state index contributed by atoms with van der Waals surface area (Å²) in [6.45, 7) is 6.99. The molecule has 1 aliphatic rings. The number of rotatable bonds is 2. The Morgan fingerprint density at radius 3 is 2.58 bits per heavy atom. The van der Waals surface area contributed by atoms with E-state index in [-0.39, 0.29) is 17.5 Å². The van der Waals surface area contributed by atoms with Gasteiger partial charge in [0.05, 0.1) is 5.54 Å². The van der Waals surface area contributed by atoms with Gasteiger partial charge in [-0.1, -0.05) is 6.92 Å². The summed E-state index contributed by atoms with van der Waals surface area (Å²) in [4.78, 5) is 13.3. The maximum Gasteiger partial charge on any atom is 0.224 e. The van der Waals surface area contributed by atoms with Gasteiger partial charge in [-0.25, -0.2) is 0 Å². The molecule has 1 unspecified atom stereocenters. The van der Waals surface area contributed by atoms with Crippen LogP contribution in [0, 0.1) is 0 Å². The first kappa shape index (κ1) is 9.52. The molecule has 1 fully saturated rings. The molecule has 0 aliphatic carbocycles. The van der Waals surface area contributed by atoms with Crippen LogP contribution in [0.15, 0.2) is 0 Å². The van der Waals surface area contributed by atoms with Crippen LogP contribution in [0.4, 0.5) is 0 Å². The molecular weight excluding hydrogens is 152 g/mol. The van der Waals surface area contributed by atoms with E-state index in [1.165, 1.54) is 0 Å². The topological polar surface area (TPSA) is 46.3 Å². The molecule has 12 heavy (non-hydrogen) atoms. The van der Waals surface area contributed by atoms with E-state index in [4.69, 9.17) is 5.73 Å². The van der Waals surface area contributed by atoms with Crippen LogP contribution in [0.5, 0.6) is 0 Å². The zero-order chi connectivity index (χ0) is 9.35. The minimum atomic E-state index is -0.146. The van der Waals surface area contributed by atoms with Gasteiger partial charge in [0.2, 0.25) is 5.91 Å². The lowest BCUT2D eigenvalue weighted by Crippen LogP contribution is -2.49. The Balaban J connectivity index is 2.76. The van der Waals surface area contributed by atoms with Gasteiger partial charge < -0.3 is 10.6 Å². The Hall–Kier alpha value is -0.570. The summed E-state index contributed by atoms with van der Waals surface area (Å²) in [6.07, 6.45) is 1.51. The second-order valence-electron chi connectivity index (χ2n) is 4.01. The van der Waals surface area contributed by atoms with Gasteiger partial charge in [-0.2, -0.15) is 0 Å². The maximum atomic E-state index is 11.4. The Morgan fingerprint density at radius 2 is 2.25 bits per heavy atom. The van der Waals surface area contributed by atoms with Crippen molar-refractivity contribution >= 4 is 5.91 Å². The molecule has 0 saturated carbocycles. The minimum absolute atomic E-state index is 0.00319. The van der Waals surface area contributed by atoms with Crippen LogP contribution >= 0.6 is 0 Å². The van der Waals surface area contributed by atoms with Gasteiger partial charge >= 0.3 is 0 Å². The smallest absolute Gasteiger partial charge is 0.224 e. The van der Waals surface area contributed by atoms with Crippen molar-refractivity contribution in [3.05, 3.63) is 0 Å². The largest absolute Gasteiger partial charge is 0.336 e. The third kappa shape index (κ3) is 1.33. The van der Waals surface area contributed by atoms with Gasteiger partial charge in [-0.15, -0.1) is 0 Å². The summed E-state index contributed by atoms with van der Waals surface area (Å²) >= 11 is 0. The van der Waals surface area contributed by atoms with Crippen LogP contribution in [0.3, 0.4) is 0 Å². The summed E-state index contributed by atoms with van der Waals surface area (Å²) in [5, 5.41) is 0. The van der Waals surface area contributed by atoms with E-state index in [2.05, 4.69) is 6.92 Å². The van der Waals surface area contributed by atoms with Crippen LogP contribution in [0.25, 0.3) is 0 Å². The SMILES string of the molecule is CCCN1C(=O)CC(N)C1(C)C. The molecule has 2 N–H and O–H groups in total. The molecule has 1 atom stereocenters. The number of carbonyl (C=O) groups is 1. The highest BCUT2D eigenvalue weighted by Gasteiger charge is 2.43. The molecule has 0 aromatic carbocycles. The molecule has 1 amide bonds. The zero-order valence-electron chi connectivity index (χ0n) is 8.13. The van der Waals surface area contributed by atoms with Gasteiger partial charge in [0.25, 0.3) is 0 Å². The van der Waals surface area contributed by atoms with Crippen LogP contribution in [-0.4, -0.2) is 28.9 Å². The van der Waals surface area contributed by atoms with E-state index in [1.54, 1.807) is 0 Å². The van der Waals surface area contributed by atoms with Gasteiger partial charge in [0, 0.05) is 19.0 Å². The third-order valence-corrected chi connectivity index (χ3v) is 2.75. The summed E-state index contributed by atoms with van der Waals surface area (Å²) in [5.74, 6) is 0.203. The highest BCUT2D eigenvalue weighted by Crippen LogP contribution is 2.28. The van der Waals surface area contributed by atoms with Gasteiger partial charge in [0.1, 0.15) is 0 Å². The van der Waals surface area contributed by atoms with Crippen molar-refractivity contribution in [2.45, 2.75) is 45.2 Å². The normalized spacial score (nSPS) is 28.2. The number of likely N-dealkylation sites (tertiary alicyclic amines) is 1. The predicted octanol–water partition coefficient (Wildman–Crippen LogP) is 0.735. The minimum Gasteiger partial charge on any atom is -0.336 e. The number of amides is 1. The van der Waals surface area contributed by atoms with E-state index in [0.717, 1.165) is 13.0 Å². The van der Waals surface area contributed by atoms with Crippen molar-refractivity contribution in [3.8, 4) is 0 Å². The summed E-state index contributed by atoms with van der Waals surface area (Å²) in [7, 11) is 0.